The number of hydrogen-bond acceptors (Lipinski definition) is 6. The number of methoxy groups -OCH3 is 1. The number of carbonyl (C=O) groups is 2. The minimum absolute atomic E-state index is 0.0105. The van der Waals surface area contributed by atoms with Crippen LogP contribution in [-0.4, -0.2) is 85.9 Å². The molecule has 2 amide bonds. The summed E-state index contributed by atoms with van der Waals surface area (Å²) >= 11 is 0. The van der Waals surface area contributed by atoms with Crippen LogP contribution in [0.25, 0.3) is 10.9 Å². The highest BCUT2D eigenvalue weighted by atomic mass is 32.2. The lowest BCUT2D eigenvalue weighted by atomic mass is 9.53. The van der Waals surface area contributed by atoms with Gasteiger partial charge in [-0.15, -0.1) is 0 Å². The van der Waals surface area contributed by atoms with Gasteiger partial charge < -0.3 is 14.2 Å². The first-order valence-electron chi connectivity index (χ1n) is 19.1. The van der Waals surface area contributed by atoms with E-state index in [0.29, 0.717) is 50.6 Å². The normalized spacial score (nSPS) is 29.8. The van der Waals surface area contributed by atoms with Crippen molar-refractivity contribution in [3.63, 3.8) is 0 Å². The molecule has 1 N–H and O–H groups in total. The molecule has 7 aliphatic rings. The lowest BCUT2D eigenvalue weighted by molar-refractivity contribution is -0.146. The first-order valence-corrected chi connectivity index (χ1v) is 20.7. The van der Waals surface area contributed by atoms with Crippen LogP contribution in [0.2, 0.25) is 0 Å². The molecular weight excluding hydrogens is 706 g/mol. The average Bonchev–Trinajstić information content (AvgIpc) is 3.61. The van der Waals surface area contributed by atoms with Crippen molar-refractivity contribution in [2.45, 2.75) is 95.0 Å². The Bertz CT molecular complexity index is 2120. The summed E-state index contributed by atoms with van der Waals surface area (Å²) in [6, 6.07) is 6.36. The van der Waals surface area contributed by atoms with Crippen LogP contribution in [0.5, 0.6) is 5.75 Å². The zero-order chi connectivity index (χ0) is 37.2. The molecule has 2 aromatic rings. The first-order chi connectivity index (χ1) is 25.2. The van der Waals surface area contributed by atoms with Gasteiger partial charge in [-0.1, -0.05) is 37.5 Å². The summed E-state index contributed by atoms with van der Waals surface area (Å²) < 4.78 is 76.4. The van der Waals surface area contributed by atoms with Gasteiger partial charge in [-0.2, -0.15) is 13.2 Å². The van der Waals surface area contributed by atoms with Gasteiger partial charge in [0, 0.05) is 60.6 Å². The molecule has 3 aliphatic heterocycles. The molecule has 0 bridgehead atoms. The van der Waals surface area contributed by atoms with Gasteiger partial charge in [0.2, 0.25) is 15.9 Å². The van der Waals surface area contributed by atoms with Crippen LogP contribution in [-0.2, 0) is 26.2 Å². The van der Waals surface area contributed by atoms with Crippen LogP contribution >= 0.6 is 0 Å². The topological polar surface area (TPSA) is 101 Å². The van der Waals surface area contributed by atoms with Crippen LogP contribution in [0, 0.1) is 16.7 Å². The van der Waals surface area contributed by atoms with E-state index in [-0.39, 0.29) is 16.7 Å². The SMILES string of the molecule is COc1ccc(C2CCCCC2)c2c1cc1n2CC2=C(C(=O)NS(=O)(=O)C(C)C)C2=C2C=CC[C@@H](C(=O)N3CC45CCC4(CN(CC(F)(F)F)C5)C3)[C@@H]21. The molecule has 4 atom stereocenters. The van der Waals surface area contributed by atoms with Crippen molar-refractivity contribution in [1.82, 2.24) is 19.1 Å². The number of hydrogen-bond donors (Lipinski definition) is 1. The van der Waals surface area contributed by atoms with E-state index in [9.17, 15) is 31.2 Å². The Balaban J connectivity index is 1.14. The molecule has 1 aromatic heterocycles. The molecule has 1 aromatic carbocycles. The summed E-state index contributed by atoms with van der Waals surface area (Å²) in [5.74, 6) is -0.488. The molecule has 4 heterocycles. The van der Waals surface area contributed by atoms with Gasteiger partial charge in [0.25, 0.3) is 5.91 Å². The minimum Gasteiger partial charge on any atom is -0.496 e. The van der Waals surface area contributed by atoms with Gasteiger partial charge in [-0.05, 0) is 86.3 Å². The summed E-state index contributed by atoms with van der Waals surface area (Å²) in [6.07, 6.45) is 7.50. The number of carbonyl (C=O) groups excluding carboxylic acids is 2. The number of benzene rings is 1. The number of rotatable bonds is 7. The van der Waals surface area contributed by atoms with Crippen LogP contribution in [0.1, 0.15) is 88.3 Å². The van der Waals surface area contributed by atoms with Crippen molar-refractivity contribution in [3.05, 3.63) is 63.9 Å². The zero-order valence-corrected chi connectivity index (χ0v) is 31.3. The number of nitrogens with one attached hydrogen (secondary N) is 1. The number of sulfonamides is 1. The van der Waals surface area contributed by atoms with Gasteiger partial charge in [0.05, 0.1) is 35.9 Å². The molecule has 9 rings (SSSR count). The summed E-state index contributed by atoms with van der Waals surface area (Å²) in [5, 5.41) is 0.169. The number of amides is 2. The summed E-state index contributed by atoms with van der Waals surface area (Å²) in [6.45, 7) is 4.10. The summed E-state index contributed by atoms with van der Waals surface area (Å²) in [4.78, 5) is 32.2. The van der Waals surface area contributed by atoms with E-state index in [0.717, 1.165) is 77.6 Å². The molecule has 2 saturated heterocycles. The van der Waals surface area contributed by atoms with Crippen LogP contribution in [0.3, 0.4) is 0 Å². The molecule has 13 heteroatoms. The Morgan fingerprint density at radius 1 is 1.04 bits per heavy atom. The largest absolute Gasteiger partial charge is 0.496 e. The van der Waals surface area contributed by atoms with Crippen molar-refractivity contribution in [3.8, 4) is 5.75 Å². The number of aromatic nitrogens is 1. The van der Waals surface area contributed by atoms with Gasteiger partial charge in [0.1, 0.15) is 5.75 Å². The van der Waals surface area contributed by atoms with E-state index in [2.05, 4.69) is 21.4 Å². The zero-order valence-electron chi connectivity index (χ0n) is 30.5. The molecular formula is C40H47F3N4O5S. The Hall–Kier alpha value is -3.58. The number of alkyl halides is 3. The van der Waals surface area contributed by atoms with Crippen LogP contribution in [0.4, 0.5) is 13.2 Å². The number of fused-ring (bicyclic) bond motifs is 6. The monoisotopic (exact) mass is 752 g/mol. The molecule has 2 unspecified atom stereocenters. The highest BCUT2D eigenvalue weighted by Crippen LogP contribution is 2.66. The van der Waals surface area contributed by atoms with Gasteiger partial charge in [-0.3, -0.25) is 14.5 Å². The minimum atomic E-state index is -4.26. The van der Waals surface area contributed by atoms with Crippen molar-refractivity contribution in [2.75, 3.05) is 39.8 Å². The molecule has 0 spiro atoms. The second-order valence-corrected chi connectivity index (χ2v) is 19.3. The highest BCUT2D eigenvalue weighted by molar-refractivity contribution is 7.90. The number of allylic oxidation sites excluding steroid dienone is 4. The third-order valence-electron chi connectivity index (χ3n) is 13.8. The van der Waals surface area contributed by atoms with Gasteiger partial charge in [0.15, 0.2) is 0 Å². The van der Waals surface area contributed by atoms with Crippen molar-refractivity contribution in [2.24, 2.45) is 16.7 Å². The van der Waals surface area contributed by atoms with Crippen molar-refractivity contribution in [1.29, 1.82) is 0 Å². The Morgan fingerprint density at radius 2 is 1.74 bits per heavy atom. The fourth-order valence-electron chi connectivity index (χ4n) is 11.2. The van der Waals surface area contributed by atoms with Gasteiger partial charge >= 0.3 is 6.18 Å². The predicted molar refractivity (Wildman–Crippen MR) is 194 cm³/mol. The molecule has 4 fully saturated rings. The smallest absolute Gasteiger partial charge is 0.401 e. The molecule has 0 radical (unpaired) electrons. The van der Waals surface area contributed by atoms with Crippen molar-refractivity contribution < 1.29 is 35.9 Å². The fourth-order valence-corrected chi connectivity index (χ4v) is 11.8. The second-order valence-electron chi connectivity index (χ2n) is 17.1. The molecule has 2 saturated carbocycles. The number of halogens is 3. The maximum atomic E-state index is 15.0. The Morgan fingerprint density at radius 3 is 2.36 bits per heavy atom. The van der Waals surface area contributed by atoms with Gasteiger partial charge in [-0.25, -0.2) is 13.1 Å². The Labute approximate surface area is 308 Å². The summed E-state index contributed by atoms with van der Waals surface area (Å²) in [7, 11) is -2.23. The number of ether oxygens (including phenoxy) is 1. The molecule has 9 nitrogen and oxygen atoms in total. The fraction of sp³-hybridized carbons (Fsp3) is 0.600. The predicted octanol–water partition coefficient (Wildman–Crippen LogP) is 6.32. The third-order valence-corrected chi connectivity index (χ3v) is 15.6. The molecule has 53 heavy (non-hydrogen) atoms. The van der Waals surface area contributed by atoms with E-state index < -0.39 is 45.7 Å². The number of nitrogens with zero attached hydrogens (tertiary/aromatic N) is 3. The molecule has 284 valence electrons. The van der Waals surface area contributed by atoms with E-state index in [1.54, 1.807) is 7.11 Å². The quantitative estimate of drug-likeness (QED) is 0.356. The van der Waals surface area contributed by atoms with E-state index in [1.165, 1.54) is 30.7 Å². The third kappa shape index (κ3) is 5.37. The lowest BCUT2D eigenvalue weighted by Crippen LogP contribution is -2.49. The number of likely N-dealkylation sites (tertiary alicyclic amines) is 2. The van der Waals surface area contributed by atoms with E-state index >= 15 is 0 Å². The Kier molecular flexibility index (Phi) is 7.93. The van der Waals surface area contributed by atoms with Crippen LogP contribution < -0.4 is 9.46 Å². The van der Waals surface area contributed by atoms with E-state index in [4.69, 9.17) is 4.74 Å². The van der Waals surface area contributed by atoms with E-state index in [1.807, 2.05) is 23.1 Å². The first kappa shape index (κ1) is 35.1. The standard InChI is InChI=1S/C40H47F3N4O5S/c1-23(2)53(50,51)44-36(48)34-29-17-47-30(16-28-31(52-3)13-12-25(35(28)47)24-8-5-4-6-9-24)32-26(33(29)34)10-7-11-27(32)37(49)46-20-38-14-15-39(38,21-46)19-45(18-38)22-40(41,42)43/h7,10,12-13,16,23-24,27,32H,4-6,8-9,11,14-15,17-22H2,1-3H3,(H,44,48)/t27-,32-,38?,39?/m1/s1. The van der Waals surface area contributed by atoms with Crippen molar-refractivity contribution >= 4 is 32.7 Å². The van der Waals surface area contributed by atoms with Crippen LogP contribution in [0.15, 0.2) is 52.6 Å². The second kappa shape index (κ2) is 12.0. The highest BCUT2D eigenvalue weighted by Gasteiger charge is 2.69. The maximum Gasteiger partial charge on any atom is 0.401 e. The summed E-state index contributed by atoms with van der Waals surface area (Å²) in [5.41, 5.74) is 5.32. The maximum absolute atomic E-state index is 15.0. The average molecular weight is 753 g/mol. The lowest BCUT2D eigenvalue weighted by Gasteiger charge is -2.48. The molecule has 4 aliphatic carbocycles.